The molecule has 0 spiro atoms. The lowest BCUT2D eigenvalue weighted by Crippen LogP contribution is -2.17. The molecule has 2 rings (SSSR count). The van der Waals surface area contributed by atoms with Gasteiger partial charge in [-0.05, 0) is 35.9 Å². The summed E-state index contributed by atoms with van der Waals surface area (Å²) < 4.78 is 13.4. The molecular formula is C16H15FN2O2. The van der Waals surface area contributed by atoms with Crippen LogP contribution in [0.2, 0.25) is 0 Å². The quantitative estimate of drug-likeness (QED) is 0.859. The first kappa shape index (κ1) is 14.7. The van der Waals surface area contributed by atoms with Gasteiger partial charge in [0.05, 0.1) is 0 Å². The van der Waals surface area contributed by atoms with E-state index in [1.165, 1.54) is 18.2 Å². The lowest BCUT2D eigenvalue weighted by molar-refractivity contribution is -0.131. The second-order valence-corrected chi connectivity index (χ2v) is 4.59. The van der Waals surface area contributed by atoms with Gasteiger partial charge in [0, 0.05) is 43.3 Å². The molecule has 0 aliphatic carbocycles. The van der Waals surface area contributed by atoms with E-state index in [4.69, 9.17) is 5.11 Å². The van der Waals surface area contributed by atoms with Crippen LogP contribution in [-0.4, -0.2) is 23.1 Å². The molecule has 0 aliphatic rings. The smallest absolute Gasteiger partial charge is 0.328 e. The topological polar surface area (TPSA) is 53.4 Å². The van der Waals surface area contributed by atoms with E-state index in [-0.39, 0.29) is 0 Å². The number of benzene rings is 1. The second-order valence-electron chi connectivity index (χ2n) is 4.59. The summed E-state index contributed by atoms with van der Waals surface area (Å²) >= 11 is 0. The van der Waals surface area contributed by atoms with Crippen molar-refractivity contribution in [3.63, 3.8) is 0 Å². The fourth-order valence-electron chi connectivity index (χ4n) is 2.02. The van der Waals surface area contributed by atoms with Crippen molar-refractivity contribution in [3.8, 4) is 0 Å². The highest BCUT2D eigenvalue weighted by atomic mass is 19.1. The largest absolute Gasteiger partial charge is 0.478 e. The Balaban J connectivity index is 2.27. The molecule has 0 atom stereocenters. The van der Waals surface area contributed by atoms with Gasteiger partial charge in [-0.15, -0.1) is 0 Å². The van der Waals surface area contributed by atoms with Crippen molar-refractivity contribution in [3.05, 3.63) is 65.7 Å². The summed E-state index contributed by atoms with van der Waals surface area (Å²) in [7, 11) is 1.86. The monoisotopic (exact) mass is 286 g/mol. The highest BCUT2D eigenvalue weighted by Gasteiger charge is 2.08. The van der Waals surface area contributed by atoms with Crippen LogP contribution in [0.1, 0.15) is 11.1 Å². The average molecular weight is 286 g/mol. The Bertz CT molecular complexity index is 657. The Morgan fingerprint density at radius 3 is 2.90 bits per heavy atom. The van der Waals surface area contributed by atoms with Crippen molar-refractivity contribution in [2.24, 2.45) is 0 Å². The molecule has 1 N–H and O–H groups in total. The number of anilines is 1. The van der Waals surface area contributed by atoms with E-state index in [0.717, 1.165) is 17.3 Å². The van der Waals surface area contributed by atoms with Crippen LogP contribution >= 0.6 is 0 Å². The van der Waals surface area contributed by atoms with Crippen LogP contribution in [0.5, 0.6) is 0 Å². The molecule has 2 aromatic rings. The molecule has 0 saturated heterocycles. The van der Waals surface area contributed by atoms with Gasteiger partial charge in [-0.1, -0.05) is 6.07 Å². The standard InChI is InChI=1S/C16H15FN2O2/c1-19(11-12-3-2-8-18-10-12)15-6-5-14(17)9-13(15)4-7-16(20)21/h2-10H,11H2,1H3,(H,20,21)/b7-4+. The number of carbonyl (C=O) groups is 1. The Hall–Kier alpha value is -2.69. The van der Waals surface area contributed by atoms with Gasteiger partial charge in [-0.3, -0.25) is 4.98 Å². The third-order valence-corrected chi connectivity index (χ3v) is 2.95. The number of halogens is 1. The molecule has 0 aliphatic heterocycles. The first-order chi connectivity index (χ1) is 10.1. The van der Waals surface area contributed by atoms with Crippen molar-refractivity contribution >= 4 is 17.7 Å². The van der Waals surface area contributed by atoms with Gasteiger partial charge >= 0.3 is 5.97 Å². The van der Waals surface area contributed by atoms with E-state index in [2.05, 4.69) is 4.98 Å². The fourth-order valence-corrected chi connectivity index (χ4v) is 2.02. The number of carboxylic acids is 1. The summed E-state index contributed by atoms with van der Waals surface area (Å²) in [5.41, 5.74) is 2.28. The van der Waals surface area contributed by atoms with E-state index in [1.54, 1.807) is 18.5 Å². The number of hydrogen-bond acceptors (Lipinski definition) is 3. The lowest BCUT2D eigenvalue weighted by atomic mass is 10.1. The summed E-state index contributed by atoms with van der Waals surface area (Å²) in [6.45, 7) is 0.591. The molecule has 5 heteroatoms. The molecule has 0 radical (unpaired) electrons. The predicted octanol–water partition coefficient (Wildman–Crippen LogP) is 2.95. The van der Waals surface area contributed by atoms with E-state index in [0.29, 0.717) is 12.1 Å². The molecule has 0 amide bonds. The van der Waals surface area contributed by atoms with E-state index < -0.39 is 11.8 Å². The van der Waals surface area contributed by atoms with Crippen LogP contribution in [0.3, 0.4) is 0 Å². The van der Waals surface area contributed by atoms with Gasteiger partial charge in [0.2, 0.25) is 0 Å². The first-order valence-corrected chi connectivity index (χ1v) is 6.37. The number of nitrogens with zero attached hydrogens (tertiary/aromatic N) is 2. The minimum absolute atomic E-state index is 0.404. The summed E-state index contributed by atoms with van der Waals surface area (Å²) in [5, 5.41) is 8.71. The summed E-state index contributed by atoms with van der Waals surface area (Å²) in [6.07, 6.45) is 5.84. The van der Waals surface area contributed by atoms with E-state index in [1.807, 2.05) is 24.1 Å². The number of pyridine rings is 1. The SMILES string of the molecule is CN(Cc1cccnc1)c1ccc(F)cc1/C=C/C(=O)O. The van der Waals surface area contributed by atoms with Crippen LogP contribution in [0, 0.1) is 5.82 Å². The predicted molar refractivity (Wildman–Crippen MR) is 79.4 cm³/mol. The third-order valence-electron chi connectivity index (χ3n) is 2.95. The average Bonchev–Trinajstić information content (AvgIpc) is 2.46. The van der Waals surface area contributed by atoms with Gasteiger partial charge in [0.15, 0.2) is 0 Å². The van der Waals surface area contributed by atoms with Gasteiger partial charge in [-0.2, -0.15) is 0 Å². The molecule has 4 nitrogen and oxygen atoms in total. The molecule has 1 aromatic heterocycles. The van der Waals surface area contributed by atoms with Gasteiger partial charge in [0.1, 0.15) is 5.82 Å². The molecule has 21 heavy (non-hydrogen) atoms. The lowest BCUT2D eigenvalue weighted by Gasteiger charge is -2.21. The van der Waals surface area contributed by atoms with Gasteiger partial charge in [0.25, 0.3) is 0 Å². The fraction of sp³-hybridized carbons (Fsp3) is 0.125. The van der Waals surface area contributed by atoms with Gasteiger partial charge in [-0.25, -0.2) is 9.18 Å². The number of carboxylic acid groups (broad SMARTS) is 1. The number of aliphatic carboxylic acids is 1. The maximum absolute atomic E-state index is 13.4. The summed E-state index contributed by atoms with van der Waals surface area (Å²) in [4.78, 5) is 16.6. The van der Waals surface area contributed by atoms with Crippen LogP contribution < -0.4 is 4.90 Å². The summed E-state index contributed by atoms with van der Waals surface area (Å²) in [5.74, 6) is -1.47. The maximum atomic E-state index is 13.4. The first-order valence-electron chi connectivity index (χ1n) is 6.37. The maximum Gasteiger partial charge on any atom is 0.328 e. The third kappa shape index (κ3) is 4.14. The van der Waals surface area contributed by atoms with Crippen molar-refractivity contribution in [1.29, 1.82) is 0 Å². The highest BCUT2D eigenvalue weighted by Crippen LogP contribution is 2.23. The zero-order chi connectivity index (χ0) is 15.2. The summed E-state index contributed by atoms with van der Waals surface area (Å²) in [6, 6.07) is 8.09. The van der Waals surface area contributed by atoms with Crippen LogP contribution in [0.4, 0.5) is 10.1 Å². The zero-order valence-electron chi connectivity index (χ0n) is 11.5. The Morgan fingerprint density at radius 1 is 1.43 bits per heavy atom. The van der Waals surface area contributed by atoms with Gasteiger partial charge < -0.3 is 10.0 Å². The molecule has 0 bridgehead atoms. The van der Waals surface area contributed by atoms with Crippen LogP contribution in [0.15, 0.2) is 48.8 Å². The molecule has 0 fully saturated rings. The molecule has 108 valence electrons. The van der Waals surface area contributed by atoms with Crippen LogP contribution in [-0.2, 0) is 11.3 Å². The second kappa shape index (κ2) is 6.65. The van der Waals surface area contributed by atoms with Crippen LogP contribution in [0.25, 0.3) is 6.08 Å². The minimum Gasteiger partial charge on any atom is -0.478 e. The molecule has 0 saturated carbocycles. The van der Waals surface area contributed by atoms with Crippen molar-refractivity contribution in [2.75, 3.05) is 11.9 Å². The molecule has 0 unspecified atom stereocenters. The number of aromatic nitrogens is 1. The minimum atomic E-state index is -1.07. The molecular weight excluding hydrogens is 271 g/mol. The number of rotatable bonds is 5. The normalized spacial score (nSPS) is 10.8. The van der Waals surface area contributed by atoms with Crippen molar-refractivity contribution in [2.45, 2.75) is 6.54 Å². The van der Waals surface area contributed by atoms with Crippen molar-refractivity contribution in [1.82, 2.24) is 4.98 Å². The Kier molecular flexibility index (Phi) is 4.66. The van der Waals surface area contributed by atoms with E-state index in [9.17, 15) is 9.18 Å². The van der Waals surface area contributed by atoms with Crippen molar-refractivity contribution < 1.29 is 14.3 Å². The van der Waals surface area contributed by atoms with E-state index >= 15 is 0 Å². The highest BCUT2D eigenvalue weighted by molar-refractivity contribution is 5.87. The zero-order valence-corrected chi connectivity index (χ0v) is 11.5. The number of hydrogen-bond donors (Lipinski definition) is 1. The Labute approximate surface area is 122 Å². The molecule has 1 heterocycles. The Morgan fingerprint density at radius 2 is 2.24 bits per heavy atom. The molecule has 1 aromatic carbocycles.